The average Bonchev–Trinajstić information content (AvgIpc) is 2.82. The number of nitrogens with zero attached hydrogens (tertiary/aromatic N) is 3. The number of hydrogen-bond donors (Lipinski definition) is 0. The molecule has 2 heterocycles. The molecule has 0 saturated carbocycles. The van der Waals surface area contributed by atoms with Crippen molar-refractivity contribution in [2.24, 2.45) is 0 Å². The van der Waals surface area contributed by atoms with E-state index in [4.69, 9.17) is 4.74 Å². The summed E-state index contributed by atoms with van der Waals surface area (Å²) in [5, 5.41) is 0. The number of aromatic nitrogens is 2. The number of aryl methyl sites for hydroxylation is 1. The molecule has 0 spiro atoms. The van der Waals surface area contributed by atoms with Crippen molar-refractivity contribution in [1.29, 1.82) is 0 Å². The first-order valence-corrected chi connectivity index (χ1v) is 7.76. The Morgan fingerprint density at radius 1 is 1.14 bits per heavy atom. The third-order valence-electron chi connectivity index (χ3n) is 4.03. The SMILES string of the molecule is CCCn1c(=O)n(CC(=O)N2CCOCC2)c2ccccc21. The summed E-state index contributed by atoms with van der Waals surface area (Å²) in [6, 6.07) is 7.65. The summed E-state index contributed by atoms with van der Waals surface area (Å²) in [6.07, 6.45) is 0.880. The van der Waals surface area contributed by atoms with Crippen LogP contribution in [0.1, 0.15) is 13.3 Å². The van der Waals surface area contributed by atoms with Crippen molar-refractivity contribution in [3.05, 3.63) is 34.7 Å². The fourth-order valence-corrected chi connectivity index (χ4v) is 2.91. The van der Waals surface area contributed by atoms with Crippen LogP contribution >= 0.6 is 0 Å². The van der Waals surface area contributed by atoms with Crippen LogP contribution in [0.25, 0.3) is 11.0 Å². The van der Waals surface area contributed by atoms with Crippen LogP contribution < -0.4 is 5.69 Å². The molecular weight excluding hydrogens is 282 g/mol. The number of morpholine rings is 1. The maximum absolute atomic E-state index is 12.6. The van der Waals surface area contributed by atoms with Crippen LogP contribution in [0.5, 0.6) is 0 Å². The maximum Gasteiger partial charge on any atom is 0.329 e. The van der Waals surface area contributed by atoms with E-state index in [-0.39, 0.29) is 18.1 Å². The summed E-state index contributed by atoms with van der Waals surface area (Å²) in [7, 11) is 0. The predicted octanol–water partition coefficient (Wildman–Crippen LogP) is 1.07. The lowest BCUT2D eigenvalue weighted by Gasteiger charge is -2.26. The fraction of sp³-hybridized carbons (Fsp3) is 0.500. The molecule has 1 aromatic carbocycles. The minimum absolute atomic E-state index is 0.0233. The summed E-state index contributed by atoms with van der Waals surface area (Å²) in [5.74, 6) is -0.0233. The lowest BCUT2D eigenvalue weighted by atomic mass is 10.3. The Bertz CT molecular complexity index is 726. The van der Waals surface area contributed by atoms with Gasteiger partial charge in [0.15, 0.2) is 0 Å². The summed E-state index contributed by atoms with van der Waals surface area (Å²) in [4.78, 5) is 26.8. The smallest absolute Gasteiger partial charge is 0.329 e. The average molecular weight is 303 g/mol. The van der Waals surface area contributed by atoms with Gasteiger partial charge in [-0.05, 0) is 18.6 Å². The molecule has 1 aliphatic heterocycles. The molecule has 0 N–H and O–H groups in total. The van der Waals surface area contributed by atoms with Crippen molar-refractivity contribution >= 4 is 16.9 Å². The van der Waals surface area contributed by atoms with Crippen LogP contribution in [-0.2, 0) is 22.6 Å². The van der Waals surface area contributed by atoms with Crippen molar-refractivity contribution in [2.75, 3.05) is 26.3 Å². The number of fused-ring (bicyclic) bond motifs is 1. The van der Waals surface area contributed by atoms with E-state index in [9.17, 15) is 9.59 Å². The molecule has 0 atom stereocenters. The Morgan fingerprint density at radius 3 is 2.41 bits per heavy atom. The van der Waals surface area contributed by atoms with Gasteiger partial charge >= 0.3 is 5.69 Å². The third kappa shape index (κ3) is 2.66. The second-order valence-electron chi connectivity index (χ2n) is 5.50. The number of carbonyl (C=O) groups excluding carboxylic acids is 1. The Hall–Kier alpha value is -2.08. The topological polar surface area (TPSA) is 56.5 Å². The zero-order valence-corrected chi connectivity index (χ0v) is 12.8. The minimum Gasteiger partial charge on any atom is -0.378 e. The van der Waals surface area contributed by atoms with Crippen molar-refractivity contribution in [1.82, 2.24) is 14.0 Å². The Morgan fingerprint density at radius 2 is 1.77 bits per heavy atom. The molecular formula is C16H21N3O3. The third-order valence-corrected chi connectivity index (χ3v) is 4.03. The van der Waals surface area contributed by atoms with Gasteiger partial charge in [-0.1, -0.05) is 19.1 Å². The van der Waals surface area contributed by atoms with E-state index >= 15 is 0 Å². The van der Waals surface area contributed by atoms with Gasteiger partial charge in [-0.25, -0.2) is 4.79 Å². The molecule has 1 fully saturated rings. The summed E-state index contributed by atoms with van der Waals surface area (Å²) < 4.78 is 8.60. The number of carbonyl (C=O) groups is 1. The van der Waals surface area contributed by atoms with Gasteiger partial charge in [-0.15, -0.1) is 0 Å². The highest BCUT2D eigenvalue weighted by atomic mass is 16.5. The van der Waals surface area contributed by atoms with Gasteiger partial charge in [0.05, 0.1) is 24.2 Å². The van der Waals surface area contributed by atoms with Gasteiger partial charge in [0.1, 0.15) is 6.54 Å². The van der Waals surface area contributed by atoms with Gasteiger partial charge in [-0.3, -0.25) is 13.9 Å². The Labute approximate surface area is 128 Å². The second-order valence-corrected chi connectivity index (χ2v) is 5.50. The van der Waals surface area contributed by atoms with E-state index in [1.807, 2.05) is 31.2 Å². The van der Waals surface area contributed by atoms with Crippen LogP contribution in [0.15, 0.2) is 29.1 Å². The van der Waals surface area contributed by atoms with Gasteiger partial charge in [0.25, 0.3) is 0 Å². The normalized spacial score (nSPS) is 15.4. The number of hydrogen-bond acceptors (Lipinski definition) is 3. The van der Waals surface area contributed by atoms with E-state index < -0.39 is 0 Å². The fourth-order valence-electron chi connectivity index (χ4n) is 2.91. The van der Waals surface area contributed by atoms with Crippen LogP contribution in [-0.4, -0.2) is 46.2 Å². The molecule has 2 aromatic rings. The molecule has 0 unspecified atom stereocenters. The lowest BCUT2D eigenvalue weighted by molar-refractivity contribution is -0.135. The van der Waals surface area contributed by atoms with Crippen LogP contribution in [0.2, 0.25) is 0 Å². The number of imidazole rings is 1. The standard InChI is InChI=1S/C16H21N3O3/c1-2-7-18-13-5-3-4-6-14(13)19(16(18)21)12-15(20)17-8-10-22-11-9-17/h3-6H,2,7-12H2,1H3. The zero-order valence-electron chi connectivity index (χ0n) is 12.8. The first-order valence-electron chi connectivity index (χ1n) is 7.76. The molecule has 1 aromatic heterocycles. The minimum atomic E-state index is -0.107. The highest BCUT2D eigenvalue weighted by molar-refractivity contribution is 5.81. The zero-order chi connectivity index (χ0) is 15.5. The summed E-state index contributed by atoms with van der Waals surface area (Å²) >= 11 is 0. The summed E-state index contributed by atoms with van der Waals surface area (Å²) in [5.41, 5.74) is 1.61. The van der Waals surface area contributed by atoms with Crippen molar-refractivity contribution in [2.45, 2.75) is 26.4 Å². The Kier molecular flexibility index (Phi) is 4.29. The van der Waals surface area contributed by atoms with Gasteiger partial charge in [0, 0.05) is 19.6 Å². The van der Waals surface area contributed by atoms with E-state index in [2.05, 4.69) is 0 Å². The second kappa shape index (κ2) is 6.36. The number of rotatable bonds is 4. The lowest BCUT2D eigenvalue weighted by Crippen LogP contribution is -2.43. The molecule has 6 heteroatoms. The van der Waals surface area contributed by atoms with Crippen LogP contribution in [0.4, 0.5) is 0 Å². The number of ether oxygens (including phenoxy) is 1. The number of para-hydroxylation sites is 2. The van der Waals surface area contributed by atoms with Gasteiger partial charge in [0.2, 0.25) is 5.91 Å². The molecule has 0 radical (unpaired) electrons. The first kappa shape index (κ1) is 14.8. The largest absolute Gasteiger partial charge is 0.378 e. The number of amides is 1. The predicted molar refractivity (Wildman–Crippen MR) is 83.9 cm³/mol. The first-order chi connectivity index (χ1) is 10.7. The highest BCUT2D eigenvalue weighted by Crippen LogP contribution is 2.13. The van der Waals surface area contributed by atoms with Crippen molar-refractivity contribution in [3.8, 4) is 0 Å². The molecule has 6 nitrogen and oxygen atoms in total. The van der Waals surface area contributed by atoms with Gasteiger partial charge in [-0.2, -0.15) is 0 Å². The monoisotopic (exact) mass is 303 g/mol. The molecule has 3 rings (SSSR count). The molecule has 22 heavy (non-hydrogen) atoms. The molecule has 118 valence electrons. The number of benzene rings is 1. The molecule has 1 saturated heterocycles. The van der Waals surface area contributed by atoms with Crippen molar-refractivity contribution in [3.63, 3.8) is 0 Å². The van der Waals surface area contributed by atoms with Crippen LogP contribution in [0, 0.1) is 0 Å². The van der Waals surface area contributed by atoms with Gasteiger partial charge < -0.3 is 9.64 Å². The van der Waals surface area contributed by atoms with Crippen molar-refractivity contribution < 1.29 is 9.53 Å². The summed E-state index contributed by atoms with van der Waals surface area (Å²) in [6.45, 7) is 5.13. The van der Waals surface area contributed by atoms with E-state index in [1.54, 1.807) is 14.0 Å². The molecule has 1 aliphatic rings. The maximum atomic E-state index is 12.6. The van der Waals surface area contributed by atoms with E-state index in [0.717, 1.165) is 17.5 Å². The molecule has 0 aliphatic carbocycles. The molecule has 0 bridgehead atoms. The highest BCUT2D eigenvalue weighted by Gasteiger charge is 2.20. The molecule has 1 amide bonds. The van der Waals surface area contributed by atoms with Crippen LogP contribution in [0.3, 0.4) is 0 Å². The quantitative estimate of drug-likeness (QED) is 0.849. The van der Waals surface area contributed by atoms with E-state index in [0.29, 0.717) is 32.8 Å². The Balaban J connectivity index is 1.94. The van der Waals surface area contributed by atoms with E-state index in [1.165, 1.54) is 0 Å².